The van der Waals surface area contributed by atoms with Crippen molar-refractivity contribution < 1.29 is 27.4 Å². The zero-order valence-electron chi connectivity index (χ0n) is 23.2. The van der Waals surface area contributed by atoms with Gasteiger partial charge in [0.15, 0.2) is 5.82 Å². The van der Waals surface area contributed by atoms with Gasteiger partial charge in [0.25, 0.3) is 0 Å². The van der Waals surface area contributed by atoms with Crippen molar-refractivity contribution in [3.8, 4) is 23.1 Å². The van der Waals surface area contributed by atoms with Crippen LogP contribution >= 0.6 is 0 Å². The minimum absolute atomic E-state index is 0.0489. The van der Waals surface area contributed by atoms with Crippen LogP contribution in [-0.2, 0) is 14.8 Å². The summed E-state index contributed by atoms with van der Waals surface area (Å²) in [7, 11) is 3.77. The predicted molar refractivity (Wildman–Crippen MR) is 149 cm³/mol. The maximum absolute atomic E-state index is 13.7. The number of aromatic nitrogens is 5. The van der Waals surface area contributed by atoms with E-state index in [1.54, 1.807) is 22.8 Å². The normalized spacial score (nSPS) is 15.2. The van der Waals surface area contributed by atoms with Gasteiger partial charge in [0.1, 0.15) is 28.5 Å². The molecule has 3 heterocycles. The number of para-hydroxylation sites is 1. The molecule has 0 unspecified atom stereocenters. The molecule has 0 fully saturated rings. The van der Waals surface area contributed by atoms with Crippen molar-refractivity contribution >= 4 is 21.5 Å². The van der Waals surface area contributed by atoms with Crippen LogP contribution in [0.4, 0.5) is 5.95 Å². The fourth-order valence-corrected chi connectivity index (χ4v) is 5.40. The van der Waals surface area contributed by atoms with Crippen LogP contribution in [0.15, 0.2) is 48.9 Å². The highest BCUT2D eigenvalue weighted by molar-refractivity contribution is 7.93. The molecule has 0 bridgehead atoms. The first-order valence-corrected chi connectivity index (χ1v) is 13.9. The first-order chi connectivity index (χ1) is 19.2. The van der Waals surface area contributed by atoms with Gasteiger partial charge in [-0.15, -0.1) is 10.2 Å². The van der Waals surface area contributed by atoms with Gasteiger partial charge in [0.05, 0.1) is 39.4 Å². The Morgan fingerprint density at radius 1 is 1.00 bits per heavy atom. The Bertz CT molecular complexity index is 1470. The number of benzene rings is 1. The van der Waals surface area contributed by atoms with Crippen LogP contribution in [0.2, 0.25) is 0 Å². The van der Waals surface area contributed by atoms with Crippen molar-refractivity contribution in [1.82, 2.24) is 29.6 Å². The highest BCUT2D eigenvalue weighted by Crippen LogP contribution is 2.37. The van der Waals surface area contributed by atoms with E-state index < -0.39 is 21.4 Å². The first kappa shape index (κ1) is 28.8. The highest BCUT2D eigenvalue weighted by atomic mass is 32.2. The average molecular weight is 572 g/mol. The Kier molecular flexibility index (Phi) is 8.90. The van der Waals surface area contributed by atoms with Gasteiger partial charge < -0.3 is 23.8 Å². The number of rotatable bonds is 11. The van der Waals surface area contributed by atoms with E-state index in [1.165, 1.54) is 47.8 Å². The molecule has 0 aliphatic carbocycles. The van der Waals surface area contributed by atoms with Crippen molar-refractivity contribution in [3.63, 3.8) is 0 Å². The number of allylic oxidation sites excluding steroid dienone is 2. The number of nitrogens with one attached hydrogen (secondary N) is 1. The van der Waals surface area contributed by atoms with Crippen molar-refractivity contribution in [2.75, 3.05) is 46.8 Å². The number of nitrogens with zero attached hydrogens (tertiary/aromatic N) is 6. The van der Waals surface area contributed by atoms with Crippen molar-refractivity contribution in [1.29, 1.82) is 0 Å². The minimum Gasteiger partial charge on any atom is -0.494 e. The van der Waals surface area contributed by atoms with Gasteiger partial charge in [0.2, 0.25) is 21.9 Å². The van der Waals surface area contributed by atoms with Crippen LogP contribution < -0.4 is 18.9 Å². The molecule has 0 saturated heterocycles. The zero-order chi connectivity index (χ0) is 28.9. The van der Waals surface area contributed by atoms with Gasteiger partial charge in [-0.05, 0) is 37.8 Å². The maximum atomic E-state index is 13.7. The number of ether oxygens (including phenoxy) is 4. The summed E-state index contributed by atoms with van der Waals surface area (Å²) in [5, 5.41) is 7.54. The third-order valence-corrected chi connectivity index (χ3v) is 8.15. The summed E-state index contributed by atoms with van der Waals surface area (Å²) in [6, 6.07) is 5.27. The molecule has 0 amide bonds. The molecule has 1 N–H and O–H groups in total. The quantitative estimate of drug-likeness (QED) is 0.363. The van der Waals surface area contributed by atoms with Crippen LogP contribution in [0.3, 0.4) is 0 Å². The second-order valence-electron chi connectivity index (χ2n) is 8.93. The largest absolute Gasteiger partial charge is 0.494 e. The van der Waals surface area contributed by atoms with Crippen LogP contribution in [-0.4, -0.2) is 85.3 Å². The van der Waals surface area contributed by atoms with Crippen molar-refractivity contribution in [2.24, 2.45) is 0 Å². The molecule has 1 aliphatic rings. The lowest BCUT2D eigenvalue weighted by molar-refractivity contribution is 0.0984. The van der Waals surface area contributed by atoms with Gasteiger partial charge >= 0.3 is 0 Å². The predicted octanol–water partition coefficient (Wildman–Crippen LogP) is 2.83. The van der Waals surface area contributed by atoms with Crippen molar-refractivity contribution in [2.45, 2.75) is 24.7 Å². The molecule has 0 radical (unpaired) electrons. The number of hydrogen-bond acceptors (Lipinski definition) is 11. The lowest BCUT2D eigenvalue weighted by Gasteiger charge is -2.23. The van der Waals surface area contributed by atoms with E-state index in [-0.39, 0.29) is 5.95 Å². The fourth-order valence-electron chi connectivity index (χ4n) is 4.26. The van der Waals surface area contributed by atoms with Crippen LogP contribution in [0.1, 0.15) is 31.0 Å². The van der Waals surface area contributed by atoms with Crippen LogP contribution in [0.5, 0.6) is 17.4 Å². The summed E-state index contributed by atoms with van der Waals surface area (Å²) in [6.07, 6.45) is 8.49. The Balaban J connectivity index is 1.81. The highest BCUT2D eigenvalue weighted by Gasteiger charge is 2.34. The van der Waals surface area contributed by atoms with Crippen molar-refractivity contribution in [3.05, 3.63) is 60.5 Å². The molecule has 214 valence electrons. The summed E-state index contributed by atoms with van der Waals surface area (Å²) in [5.74, 6) is 1.53. The minimum atomic E-state index is -4.12. The van der Waals surface area contributed by atoms with Crippen LogP contribution in [0.25, 0.3) is 11.3 Å². The number of hydrogen-bond donors (Lipinski definition) is 1. The molecule has 2 aromatic heterocycles. The third-order valence-electron chi connectivity index (χ3n) is 6.45. The summed E-state index contributed by atoms with van der Waals surface area (Å²) < 4.78 is 53.5. The van der Waals surface area contributed by atoms with E-state index in [4.69, 9.17) is 18.9 Å². The molecule has 13 nitrogen and oxygen atoms in total. The van der Waals surface area contributed by atoms with Crippen LogP contribution in [0, 0.1) is 0 Å². The molecular weight excluding hydrogens is 538 g/mol. The smallest absolute Gasteiger partial charge is 0.243 e. The Labute approximate surface area is 233 Å². The molecule has 1 aromatic carbocycles. The van der Waals surface area contributed by atoms with Gasteiger partial charge in [-0.1, -0.05) is 12.1 Å². The molecule has 3 aromatic rings. The lowest BCUT2D eigenvalue weighted by Crippen LogP contribution is -2.33. The number of sulfonamides is 1. The summed E-state index contributed by atoms with van der Waals surface area (Å²) >= 11 is 0. The maximum Gasteiger partial charge on any atom is 0.243 e. The van der Waals surface area contributed by atoms with Gasteiger partial charge in [-0.3, -0.25) is 14.3 Å². The summed E-state index contributed by atoms with van der Waals surface area (Å²) in [6.45, 7) is 2.33. The molecule has 1 aliphatic heterocycles. The second-order valence-corrected chi connectivity index (χ2v) is 11.0. The molecule has 0 saturated carbocycles. The SMILES string of the molecule is COc1cnc([C@@H](OC)[C@H](C)S(=O)(=O)Nc2nnc(C3=CCCN(C)C=C3)n2-c2c(OC)cccc2OC)cn1. The second kappa shape index (κ2) is 12.3. The van der Waals surface area contributed by atoms with E-state index in [2.05, 4.69) is 24.9 Å². The van der Waals surface area contributed by atoms with E-state index in [0.717, 1.165) is 18.5 Å². The molecule has 14 heteroatoms. The zero-order valence-corrected chi connectivity index (χ0v) is 24.0. The standard InChI is InChI=1S/C26H33N7O6S/c1-17(24(39-6)19-15-28-22(38-5)16-27-19)40(34,35)31-26-30-29-25(18-9-8-13-32(2)14-12-18)33(26)23-20(36-3)10-7-11-21(23)37-4/h7,9-12,14-17,24H,8,13H2,1-6H3,(H,30,31)/t17-,24-/m0/s1. The molecular formula is C26H33N7O6S. The average Bonchev–Trinajstić information content (AvgIpc) is 3.23. The van der Waals surface area contributed by atoms with E-state index >= 15 is 0 Å². The molecule has 40 heavy (non-hydrogen) atoms. The Morgan fingerprint density at radius 3 is 2.33 bits per heavy atom. The lowest BCUT2D eigenvalue weighted by atomic mass is 10.2. The molecule has 4 rings (SSSR count). The third kappa shape index (κ3) is 5.87. The fraction of sp³-hybridized carbons (Fsp3) is 0.385. The summed E-state index contributed by atoms with van der Waals surface area (Å²) in [5.41, 5.74) is 1.52. The number of anilines is 1. The van der Waals surface area contributed by atoms with E-state index in [0.29, 0.717) is 34.6 Å². The monoisotopic (exact) mass is 571 g/mol. The Hall–Kier alpha value is -4.17. The molecule has 2 atom stereocenters. The van der Waals surface area contributed by atoms with E-state index in [9.17, 15) is 8.42 Å². The van der Waals surface area contributed by atoms with E-state index in [1.807, 2.05) is 30.3 Å². The first-order valence-electron chi connectivity index (χ1n) is 12.4. The number of methoxy groups -OCH3 is 4. The van der Waals surface area contributed by atoms with Gasteiger partial charge in [-0.25, -0.2) is 13.4 Å². The Morgan fingerprint density at radius 2 is 1.73 bits per heavy atom. The molecule has 0 spiro atoms. The summed E-state index contributed by atoms with van der Waals surface area (Å²) in [4.78, 5) is 10.4. The topological polar surface area (TPSA) is 143 Å². The van der Waals surface area contributed by atoms with Gasteiger partial charge in [-0.2, -0.15) is 0 Å². The van der Waals surface area contributed by atoms with Gasteiger partial charge in [0, 0.05) is 26.3 Å².